The number of nitrogens with zero attached hydrogens (tertiary/aromatic N) is 2. The number of hydrogen-bond donors (Lipinski definition) is 2. The summed E-state index contributed by atoms with van der Waals surface area (Å²) < 4.78 is 28.1. The van der Waals surface area contributed by atoms with Crippen LogP contribution >= 0.6 is 11.6 Å². The van der Waals surface area contributed by atoms with Gasteiger partial charge in [0, 0.05) is 6.54 Å². The average molecular weight is 567 g/mol. The van der Waals surface area contributed by atoms with Gasteiger partial charge < -0.3 is 10.6 Å². The first-order chi connectivity index (χ1) is 18.7. The fourth-order valence-electron chi connectivity index (χ4n) is 5.26. The molecule has 202 valence electrons. The number of carbonyl (C=O) groups excluding carboxylic acids is 3. The van der Waals surface area contributed by atoms with E-state index in [2.05, 4.69) is 10.6 Å². The van der Waals surface area contributed by atoms with Crippen molar-refractivity contribution in [3.63, 3.8) is 0 Å². The number of urea groups is 1. The Morgan fingerprint density at radius 3 is 2.54 bits per heavy atom. The average Bonchev–Trinajstić information content (AvgIpc) is 3.15. The summed E-state index contributed by atoms with van der Waals surface area (Å²) in [4.78, 5) is 40.2. The number of rotatable bonds is 7. The van der Waals surface area contributed by atoms with Crippen molar-refractivity contribution in [1.29, 1.82) is 0 Å². The number of hydrogen-bond acceptors (Lipinski definition) is 5. The van der Waals surface area contributed by atoms with Gasteiger partial charge in [-0.1, -0.05) is 54.1 Å². The molecule has 1 heterocycles. The van der Waals surface area contributed by atoms with Crippen LogP contribution in [0.3, 0.4) is 0 Å². The van der Waals surface area contributed by atoms with Gasteiger partial charge in [0.25, 0.3) is 15.9 Å². The zero-order chi connectivity index (χ0) is 27.8. The van der Waals surface area contributed by atoms with E-state index in [1.54, 1.807) is 37.3 Å². The lowest BCUT2D eigenvalue weighted by Crippen LogP contribution is -2.47. The molecule has 1 atom stereocenters. The SMILES string of the molecule is CCN(c1ccccc1)S(=O)(=O)c1ccc(Cl)c(NC(=O)CN2C(=O)N[C@@]3(CCCc4ccccc43)C2=O)c1. The van der Waals surface area contributed by atoms with E-state index in [1.165, 1.54) is 22.5 Å². The number of amides is 4. The molecule has 9 nitrogen and oxygen atoms in total. The van der Waals surface area contributed by atoms with Crippen LogP contribution in [-0.4, -0.2) is 44.3 Å². The van der Waals surface area contributed by atoms with Crippen molar-refractivity contribution < 1.29 is 22.8 Å². The minimum atomic E-state index is -3.97. The zero-order valence-corrected chi connectivity index (χ0v) is 22.8. The molecule has 2 aliphatic rings. The number of sulfonamides is 1. The molecule has 3 aromatic rings. The third kappa shape index (κ3) is 4.74. The van der Waals surface area contributed by atoms with Gasteiger partial charge in [-0.15, -0.1) is 0 Å². The molecule has 3 aromatic carbocycles. The molecule has 0 bridgehead atoms. The fraction of sp³-hybridized carbons (Fsp3) is 0.250. The van der Waals surface area contributed by atoms with Crippen LogP contribution in [0.15, 0.2) is 77.7 Å². The second-order valence-electron chi connectivity index (χ2n) is 9.43. The van der Waals surface area contributed by atoms with Crippen LogP contribution in [0.5, 0.6) is 0 Å². The van der Waals surface area contributed by atoms with Crippen molar-refractivity contribution in [3.8, 4) is 0 Å². The van der Waals surface area contributed by atoms with Gasteiger partial charge in [0.2, 0.25) is 5.91 Å². The Kier molecular flexibility index (Phi) is 7.09. The van der Waals surface area contributed by atoms with Crippen molar-refractivity contribution in [2.75, 3.05) is 22.7 Å². The van der Waals surface area contributed by atoms with E-state index in [-0.39, 0.29) is 22.2 Å². The van der Waals surface area contributed by atoms with Gasteiger partial charge in [-0.05, 0) is 67.6 Å². The van der Waals surface area contributed by atoms with Crippen LogP contribution in [0.25, 0.3) is 0 Å². The summed E-state index contributed by atoms with van der Waals surface area (Å²) in [6.07, 6.45) is 1.96. The quantitative estimate of drug-likeness (QED) is 0.414. The van der Waals surface area contributed by atoms with Crippen LogP contribution in [0, 0.1) is 0 Å². The molecule has 1 fully saturated rings. The van der Waals surface area contributed by atoms with Gasteiger partial charge in [0.15, 0.2) is 0 Å². The van der Waals surface area contributed by atoms with Crippen LogP contribution < -0.4 is 14.9 Å². The van der Waals surface area contributed by atoms with Gasteiger partial charge in [-0.2, -0.15) is 0 Å². The van der Waals surface area contributed by atoms with E-state index in [0.29, 0.717) is 12.1 Å². The molecule has 39 heavy (non-hydrogen) atoms. The van der Waals surface area contributed by atoms with E-state index >= 15 is 0 Å². The maximum Gasteiger partial charge on any atom is 0.325 e. The zero-order valence-electron chi connectivity index (χ0n) is 21.2. The molecule has 1 aliphatic carbocycles. The van der Waals surface area contributed by atoms with Gasteiger partial charge in [0.05, 0.1) is 21.3 Å². The largest absolute Gasteiger partial charge is 0.325 e. The summed E-state index contributed by atoms with van der Waals surface area (Å²) in [7, 11) is -3.97. The predicted molar refractivity (Wildman–Crippen MR) is 148 cm³/mol. The fourth-order valence-corrected chi connectivity index (χ4v) is 6.93. The summed E-state index contributed by atoms with van der Waals surface area (Å²) in [6.45, 7) is 1.36. The van der Waals surface area contributed by atoms with Gasteiger partial charge in [-0.3, -0.25) is 18.8 Å². The Hall–Kier alpha value is -3.89. The van der Waals surface area contributed by atoms with Gasteiger partial charge >= 0.3 is 6.03 Å². The van der Waals surface area contributed by atoms with Crippen molar-refractivity contribution in [2.45, 2.75) is 36.6 Å². The van der Waals surface area contributed by atoms with Crippen molar-refractivity contribution in [2.24, 2.45) is 0 Å². The standard InChI is InChI=1S/C28H27ClN4O5S/c1-2-33(20-11-4-3-5-12-20)39(37,38)21-14-15-23(29)24(17-21)30-25(34)18-32-26(35)28(31-27(32)36)16-8-10-19-9-6-7-13-22(19)28/h3-7,9,11-15,17H,2,8,10,16,18H2,1H3,(H,30,34)(H,31,36)/t28-/m1/s1. The van der Waals surface area contributed by atoms with Crippen LogP contribution in [0.4, 0.5) is 16.2 Å². The Morgan fingerprint density at radius 1 is 1.08 bits per heavy atom. The third-order valence-electron chi connectivity index (χ3n) is 7.08. The number of anilines is 2. The first-order valence-corrected chi connectivity index (χ1v) is 14.4. The summed E-state index contributed by atoms with van der Waals surface area (Å²) in [5, 5.41) is 5.50. The van der Waals surface area contributed by atoms with Gasteiger partial charge in [-0.25, -0.2) is 13.2 Å². The Morgan fingerprint density at radius 2 is 1.79 bits per heavy atom. The number of halogens is 1. The van der Waals surface area contributed by atoms with Crippen molar-refractivity contribution in [3.05, 3.63) is 88.9 Å². The molecule has 11 heteroatoms. The molecule has 0 radical (unpaired) electrons. The lowest BCUT2D eigenvalue weighted by molar-refractivity contribution is -0.134. The van der Waals surface area contributed by atoms with E-state index in [9.17, 15) is 22.8 Å². The molecular weight excluding hydrogens is 540 g/mol. The summed E-state index contributed by atoms with van der Waals surface area (Å²) in [5.74, 6) is -1.18. The Labute approximate surface area is 231 Å². The van der Waals surface area contributed by atoms with Crippen LogP contribution in [-0.2, 0) is 31.6 Å². The number of benzene rings is 3. The van der Waals surface area contributed by atoms with Crippen LogP contribution in [0.2, 0.25) is 5.02 Å². The molecule has 4 amide bonds. The van der Waals surface area contributed by atoms with E-state index in [1.807, 2.05) is 24.3 Å². The van der Waals surface area contributed by atoms with E-state index < -0.39 is 40.0 Å². The van der Waals surface area contributed by atoms with Crippen LogP contribution in [0.1, 0.15) is 30.9 Å². The van der Waals surface area contributed by atoms with Crippen molar-refractivity contribution >= 4 is 50.8 Å². The molecule has 2 N–H and O–H groups in total. The molecule has 0 aromatic heterocycles. The first-order valence-electron chi connectivity index (χ1n) is 12.6. The lowest BCUT2D eigenvalue weighted by Gasteiger charge is -2.33. The molecule has 1 spiro atoms. The highest BCUT2D eigenvalue weighted by Crippen LogP contribution is 2.40. The molecule has 1 saturated heterocycles. The topological polar surface area (TPSA) is 116 Å². The number of fused-ring (bicyclic) bond motifs is 2. The normalized spacial score (nSPS) is 18.6. The maximum atomic E-state index is 13.5. The van der Waals surface area contributed by atoms with E-state index in [4.69, 9.17) is 11.6 Å². The second-order valence-corrected chi connectivity index (χ2v) is 11.7. The third-order valence-corrected chi connectivity index (χ3v) is 9.31. The number of carbonyl (C=O) groups is 3. The van der Waals surface area contributed by atoms with Gasteiger partial charge in [0.1, 0.15) is 12.1 Å². The van der Waals surface area contributed by atoms with Crippen molar-refractivity contribution in [1.82, 2.24) is 10.2 Å². The summed E-state index contributed by atoms with van der Waals surface area (Å²) >= 11 is 6.28. The molecular formula is C28H27ClN4O5S. The second kappa shape index (κ2) is 10.3. The first kappa shape index (κ1) is 26.7. The molecule has 5 rings (SSSR count). The highest BCUT2D eigenvalue weighted by atomic mass is 35.5. The Bertz CT molecular complexity index is 1560. The lowest BCUT2D eigenvalue weighted by atomic mass is 9.76. The number of nitrogens with one attached hydrogen (secondary N) is 2. The highest BCUT2D eigenvalue weighted by Gasteiger charge is 2.54. The smallest absolute Gasteiger partial charge is 0.323 e. The number of aryl methyl sites for hydroxylation is 1. The molecule has 1 aliphatic heterocycles. The monoisotopic (exact) mass is 566 g/mol. The summed E-state index contributed by atoms with van der Waals surface area (Å²) in [5.41, 5.74) is 1.09. The van der Waals surface area contributed by atoms with E-state index in [0.717, 1.165) is 28.9 Å². The maximum absolute atomic E-state index is 13.5. The highest BCUT2D eigenvalue weighted by molar-refractivity contribution is 7.92. The summed E-state index contributed by atoms with van der Waals surface area (Å²) in [6, 6.07) is 19.5. The minimum Gasteiger partial charge on any atom is -0.323 e. The molecule has 0 saturated carbocycles. The minimum absolute atomic E-state index is 0.0524. The number of para-hydroxylation sites is 1. The molecule has 0 unspecified atom stereocenters. The number of imide groups is 1. The Balaban J connectivity index is 1.36. The predicted octanol–water partition coefficient (Wildman–Crippen LogP) is 4.28.